The van der Waals surface area contributed by atoms with E-state index in [0.717, 1.165) is 6.42 Å². The molecule has 0 aliphatic carbocycles. The first-order valence-corrected chi connectivity index (χ1v) is 5.62. The van der Waals surface area contributed by atoms with Gasteiger partial charge in [0.1, 0.15) is 0 Å². The van der Waals surface area contributed by atoms with Crippen molar-refractivity contribution in [2.75, 3.05) is 26.9 Å². The molecule has 15 heavy (non-hydrogen) atoms. The number of hydrogen-bond donors (Lipinski definition) is 2. The molecule has 0 aromatic carbocycles. The molecule has 4 nitrogen and oxygen atoms in total. The fourth-order valence-electron chi connectivity index (χ4n) is 1.19. The lowest BCUT2D eigenvalue weighted by molar-refractivity contribution is 0.00431. The quantitative estimate of drug-likeness (QED) is 0.602. The van der Waals surface area contributed by atoms with E-state index < -0.39 is 6.10 Å². The number of aliphatic hydroxyl groups excluding tert-OH is 1. The van der Waals surface area contributed by atoms with E-state index in [4.69, 9.17) is 9.47 Å². The molecule has 2 N–H and O–H groups in total. The van der Waals surface area contributed by atoms with Crippen LogP contribution in [0.1, 0.15) is 27.2 Å². The highest BCUT2D eigenvalue weighted by atomic mass is 16.5. The Bertz CT molecular complexity index is 142. The van der Waals surface area contributed by atoms with Crippen molar-refractivity contribution in [3.05, 3.63) is 0 Å². The van der Waals surface area contributed by atoms with E-state index in [2.05, 4.69) is 12.2 Å². The van der Waals surface area contributed by atoms with E-state index in [1.807, 2.05) is 13.8 Å². The summed E-state index contributed by atoms with van der Waals surface area (Å²) in [6.45, 7) is 7.62. The Kier molecular flexibility index (Phi) is 9.00. The largest absolute Gasteiger partial charge is 0.389 e. The van der Waals surface area contributed by atoms with Gasteiger partial charge < -0.3 is 19.9 Å². The van der Waals surface area contributed by atoms with Crippen LogP contribution in [0.15, 0.2) is 0 Å². The van der Waals surface area contributed by atoms with Crippen molar-refractivity contribution in [1.29, 1.82) is 0 Å². The lowest BCUT2D eigenvalue weighted by Gasteiger charge is -2.19. The van der Waals surface area contributed by atoms with Crippen LogP contribution in [0, 0.1) is 0 Å². The second-order valence-electron chi connectivity index (χ2n) is 4.00. The molecule has 0 heterocycles. The maximum absolute atomic E-state index is 9.58. The maximum atomic E-state index is 9.58. The second-order valence-corrected chi connectivity index (χ2v) is 4.00. The fourth-order valence-corrected chi connectivity index (χ4v) is 1.19. The Morgan fingerprint density at radius 1 is 1.27 bits per heavy atom. The molecule has 2 unspecified atom stereocenters. The van der Waals surface area contributed by atoms with Gasteiger partial charge in [0.15, 0.2) is 0 Å². The van der Waals surface area contributed by atoms with Gasteiger partial charge in [0.2, 0.25) is 0 Å². The van der Waals surface area contributed by atoms with Crippen molar-refractivity contribution in [3.8, 4) is 0 Å². The topological polar surface area (TPSA) is 50.7 Å². The first-order valence-electron chi connectivity index (χ1n) is 5.62. The van der Waals surface area contributed by atoms with Crippen molar-refractivity contribution >= 4 is 0 Å². The first-order chi connectivity index (χ1) is 7.10. The Hall–Kier alpha value is -0.160. The van der Waals surface area contributed by atoms with Crippen molar-refractivity contribution in [2.45, 2.75) is 45.4 Å². The molecule has 0 saturated carbocycles. The summed E-state index contributed by atoms with van der Waals surface area (Å²) in [5.74, 6) is 0. The monoisotopic (exact) mass is 219 g/mol. The van der Waals surface area contributed by atoms with Gasteiger partial charge in [-0.2, -0.15) is 0 Å². The van der Waals surface area contributed by atoms with Crippen LogP contribution >= 0.6 is 0 Å². The third-order valence-electron chi connectivity index (χ3n) is 2.12. The molecule has 0 aliphatic heterocycles. The highest BCUT2D eigenvalue weighted by Gasteiger charge is 2.09. The molecule has 4 heteroatoms. The third-order valence-corrected chi connectivity index (χ3v) is 2.12. The summed E-state index contributed by atoms with van der Waals surface area (Å²) in [5, 5.41) is 12.8. The standard InChI is InChI=1S/C11H25NO3/c1-5-10(7-14-4)12-6-11(13)8-15-9(2)3/h9-13H,5-8H2,1-4H3. The molecule has 0 amide bonds. The molecule has 92 valence electrons. The zero-order valence-electron chi connectivity index (χ0n) is 10.3. The van der Waals surface area contributed by atoms with E-state index in [9.17, 15) is 5.11 Å². The molecule has 0 aromatic heterocycles. The van der Waals surface area contributed by atoms with Gasteiger partial charge in [0.25, 0.3) is 0 Å². The molecule has 2 atom stereocenters. The predicted molar refractivity (Wildman–Crippen MR) is 61.1 cm³/mol. The lowest BCUT2D eigenvalue weighted by Crippen LogP contribution is -2.39. The van der Waals surface area contributed by atoms with Gasteiger partial charge in [0.05, 0.1) is 25.4 Å². The van der Waals surface area contributed by atoms with E-state index in [-0.39, 0.29) is 6.10 Å². The van der Waals surface area contributed by atoms with Crippen molar-refractivity contribution in [3.63, 3.8) is 0 Å². The van der Waals surface area contributed by atoms with E-state index in [1.54, 1.807) is 7.11 Å². The Morgan fingerprint density at radius 3 is 2.40 bits per heavy atom. The highest BCUT2D eigenvalue weighted by Crippen LogP contribution is 1.94. The van der Waals surface area contributed by atoms with Gasteiger partial charge in [-0.05, 0) is 20.3 Å². The fraction of sp³-hybridized carbons (Fsp3) is 1.00. The smallest absolute Gasteiger partial charge is 0.0897 e. The Morgan fingerprint density at radius 2 is 1.93 bits per heavy atom. The Balaban J connectivity index is 3.54. The van der Waals surface area contributed by atoms with Crippen LogP contribution in [0.5, 0.6) is 0 Å². The molecular formula is C11H25NO3. The lowest BCUT2D eigenvalue weighted by atomic mass is 10.2. The average Bonchev–Trinajstić information content (AvgIpc) is 2.21. The van der Waals surface area contributed by atoms with Gasteiger partial charge in [-0.3, -0.25) is 0 Å². The number of hydrogen-bond acceptors (Lipinski definition) is 4. The number of ether oxygens (including phenoxy) is 2. The van der Waals surface area contributed by atoms with Crippen molar-refractivity contribution in [1.82, 2.24) is 5.32 Å². The number of aliphatic hydroxyl groups is 1. The van der Waals surface area contributed by atoms with Crippen molar-refractivity contribution in [2.24, 2.45) is 0 Å². The van der Waals surface area contributed by atoms with Crippen molar-refractivity contribution < 1.29 is 14.6 Å². The van der Waals surface area contributed by atoms with Crippen LogP contribution < -0.4 is 5.32 Å². The first kappa shape index (κ1) is 14.8. The van der Waals surface area contributed by atoms with Gasteiger partial charge in [-0.15, -0.1) is 0 Å². The maximum Gasteiger partial charge on any atom is 0.0897 e. The summed E-state index contributed by atoms with van der Waals surface area (Å²) in [7, 11) is 1.68. The summed E-state index contributed by atoms with van der Waals surface area (Å²) in [6, 6.07) is 0.309. The summed E-state index contributed by atoms with van der Waals surface area (Å²) >= 11 is 0. The normalized spacial score (nSPS) is 15.6. The summed E-state index contributed by atoms with van der Waals surface area (Å²) in [6.07, 6.45) is 0.713. The van der Waals surface area contributed by atoms with Crippen LogP contribution in [-0.2, 0) is 9.47 Å². The minimum atomic E-state index is -0.446. The van der Waals surface area contributed by atoms with Gasteiger partial charge in [0, 0.05) is 19.7 Å². The zero-order chi connectivity index (χ0) is 11.7. The summed E-state index contributed by atoms with van der Waals surface area (Å²) in [4.78, 5) is 0. The summed E-state index contributed by atoms with van der Waals surface area (Å²) < 4.78 is 10.4. The second kappa shape index (κ2) is 9.09. The molecule has 0 aliphatic rings. The SMILES string of the molecule is CCC(COC)NCC(O)COC(C)C. The third kappa shape index (κ3) is 8.81. The van der Waals surface area contributed by atoms with E-state index in [1.165, 1.54) is 0 Å². The number of nitrogens with one attached hydrogen (secondary N) is 1. The number of rotatable bonds is 9. The predicted octanol–water partition coefficient (Wildman–Crippen LogP) is 0.787. The van der Waals surface area contributed by atoms with Gasteiger partial charge in [-0.25, -0.2) is 0 Å². The number of methoxy groups -OCH3 is 1. The molecule has 0 fully saturated rings. The molecule has 0 rings (SSSR count). The summed E-state index contributed by atoms with van der Waals surface area (Å²) in [5.41, 5.74) is 0. The molecule has 0 bridgehead atoms. The van der Waals surface area contributed by atoms with E-state index >= 15 is 0 Å². The van der Waals surface area contributed by atoms with Crippen LogP contribution in [0.2, 0.25) is 0 Å². The van der Waals surface area contributed by atoms with E-state index in [0.29, 0.717) is 25.8 Å². The van der Waals surface area contributed by atoms with Crippen LogP contribution in [0.4, 0.5) is 0 Å². The molecular weight excluding hydrogens is 194 g/mol. The van der Waals surface area contributed by atoms with Crippen LogP contribution in [0.25, 0.3) is 0 Å². The Labute approximate surface area is 93.0 Å². The minimum Gasteiger partial charge on any atom is -0.389 e. The van der Waals surface area contributed by atoms with Gasteiger partial charge >= 0.3 is 0 Å². The minimum absolute atomic E-state index is 0.167. The highest BCUT2D eigenvalue weighted by molar-refractivity contribution is 4.67. The molecule has 0 spiro atoms. The van der Waals surface area contributed by atoms with Crippen LogP contribution in [-0.4, -0.2) is 50.2 Å². The molecule has 0 radical (unpaired) electrons. The van der Waals surface area contributed by atoms with Gasteiger partial charge in [-0.1, -0.05) is 6.92 Å². The average molecular weight is 219 g/mol. The molecule has 0 saturated heterocycles. The molecule has 0 aromatic rings. The zero-order valence-corrected chi connectivity index (χ0v) is 10.3. The van der Waals surface area contributed by atoms with Crippen LogP contribution in [0.3, 0.4) is 0 Å².